The van der Waals surface area contributed by atoms with Crippen LogP contribution < -0.4 is 11.3 Å². The second kappa shape index (κ2) is 5.10. The van der Waals surface area contributed by atoms with E-state index in [1.165, 1.54) is 22.9 Å². The molecule has 5 heteroatoms. The van der Waals surface area contributed by atoms with Crippen molar-refractivity contribution < 1.29 is 4.39 Å². The minimum Gasteiger partial charge on any atom is -0.322 e. The number of nitrogens with zero attached hydrogens (tertiary/aromatic N) is 2. The highest BCUT2D eigenvalue weighted by Gasteiger charge is 2.09. The Balaban J connectivity index is 2.23. The van der Waals surface area contributed by atoms with E-state index in [2.05, 4.69) is 5.10 Å². The molecule has 4 nitrogen and oxygen atoms in total. The molecule has 1 aromatic carbocycles. The zero-order valence-corrected chi connectivity index (χ0v) is 10.0. The lowest BCUT2D eigenvalue weighted by Gasteiger charge is -2.13. The zero-order chi connectivity index (χ0) is 13.1. The Kier molecular flexibility index (Phi) is 3.53. The van der Waals surface area contributed by atoms with Crippen LogP contribution in [0.15, 0.2) is 41.2 Å². The number of rotatable bonds is 3. The Morgan fingerprint density at radius 2 is 2.17 bits per heavy atom. The lowest BCUT2D eigenvalue weighted by Crippen LogP contribution is -2.28. The lowest BCUT2D eigenvalue weighted by atomic mass is 10.1. The smallest absolute Gasteiger partial charge is 0.266 e. The van der Waals surface area contributed by atoms with Crippen LogP contribution in [0.3, 0.4) is 0 Å². The number of aromatic nitrogens is 2. The van der Waals surface area contributed by atoms with Crippen LogP contribution in [0, 0.1) is 12.7 Å². The predicted molar refractivity (Wildman–Crippen MR) is 66.6 cm³/mol. The van der Waals surface area contributed by atoms with Gasteiger partial charge in [0, 0.05) is 12.1 Å². The molecule has 0 aliphatic rings. The second-order valence-electron chi connectivity index (χ2n) is 4.16. The Morgan fingerprint density at radius 1 is 1.39 bits per heavy atom. The van der Waals surface area contributed by atoms with Gasteiger partial charge in [-0.2, -0.15) is 5.10 Å². The van der Waals surface area contributed by atoms with Crippen LogP contribution in [0.1, 0.15) is 17.3 Å². The van der Waals surface area contributed by atoms with E-state index in [0.717, 1.165) is 5.69 Å². The van der Waals surface area contributed by atoms with E-state index in [0.29, 0.717) is 5.56 Å². The van der Waals surface area contributed by atoms with Gasteiger partial charge in [-0.3, -0.25) is 4.79 Å². The molecule has 0 bridgehead atoms. The molecule has 0 saturated carbocycles. The number of halogens is 1. The van der Waals surface area contributed by atoms with Gasteiger partial charge in [0.1, 0.15) is 5.82 Å². The monoisotopic (exact) mass is 247 g/mol. The van der Waals surface area contributed by atoms with Gasteiger partial charge >= 0.3 is 0 Å². The van der Waals surface area contributed by atoms with Gasteiger partial charge in [0.05, 0.1) is 12.2 Å². The molecule has 2 rings (SSSR count). The highest BCUT2D eigenvalue weighted by atomic mass is 19.1. The summed E-state index contributed by atoms with van der Waals surface area (Å²) >= 11 is 0. The molecule has 2 N–H and O–H groups in total. The molecule has 1 atom stereocenters. The van der Waals surface area contributed by atoms with E-state index >= 15 is 0 Å². The summed E-state index contributed by atoms with van der Waals surface area (Å²) in [4.78, 5) is 11.6. The Morgan fingerprint density at radius 3 is 2.89 bits per heavy atom. The van der Waals surface area contributed by atoms with Crippen molar-refractivity contribution in [3.05, 3.63) is 63.8 Å². The van der Waals surface area contributed by atoms with Crippen molar-refractivity contribution in [2.45, 2.75) is 19.5 Å². The summed E-state index contributed by atoms with van der Waals surface area (Å²) in [5.41, 5.74) is 7.11. The van der Waals surface area contributed by atoms with Crippen molar-refractivity contribution in [1.29, 1.82) is 0 Å². The first-order valence-electron chi connectivity index (χ1n) is 5.62. The van der Waals surface area contributed by atoms with Crippen LogP contribution in [0.2, 0.25) is 0 Å². The topological polar surface area (TPSA) is 60.9 Å². The molecule has 0 aliphatic heterocycles. The molecule has 94 valence electrons. The van der Waals surface area contributed by atoms with Crippen LogP contribution in [-0.4, -0.2) is 9.78 Å². The van der Waals surface area contributed by atoms with Gasteiger partial charge in [-0.25, -0.2) is 9.07 Å². The molecule has 0 radical (unpaired) electrons. The minimum atomic E-state index is -0.465. The van der Waals surface area contributed by atoms with Crippen molar-refractivity contribution in [3.8, 4) is 0 Å². The van der Waals surface area contributed by atoms with Gasteiger partial charge in [-0.05, 0) is 30.7 Å². The van der Waals surface area contributed by atoms with Crippen LogP contribution in [0.5, 0.6) is 0 Å². The zero-order valence-electron chi connectivity index (χ0n) is 10.0. The highest BCUT2D eigenvalue weighted by Crippen LogP contribution is 2.12. The molecule has 2 aromatic rings. The third kappa shape index (κ3) is 2.81. The van der Waals surface area contributed by atoms with Crippen molar-refractivity contribution in [2.75, 3.05) is 0 Å². The summed E-state index contributed by atoms with van der Waals surface area (Å²) in [6, 6.07) is 8.67. The number of aryl methyl sites for hydroxylation is 1. The van der Waals surface area contributed by atoms with E-state index in [1.54, 1.807) is 25.1 Å². The van der Waals surface area contributed by atoms with Crippen LogP contribution in [0.4, 0.5) is 4.39 Å². The van der Waals surface area contributed by atoms with Gasteiger partial charge in [-0.15, -0.1) is 0 Å². The molecular formula is C13H14FN3O. The van der Waals surface area contributed by atoms with Crippen molar-refractivity contribution in [2.24, 2.45) is 5.73 Å². The first-order chi connectivity index (χ1) is 8.56. The molecule has 1 aromatic heterocycles. The van der Waals surface area contributed by atoms with Gasteiger partial charge in [0.15, 0.2) is 0 Å². The number of benzene rings is 1. The molecule has 1 heterocycles. The molecular weight excluding hydrogens is 233 g/mol. The maximum absolute atomic E-state index is 13.1. The summed E-state index contributed by atoms with van der Waals surface area (Å²) in [5.74, 6) is -0.340. The van der Waals surface area contributed by atoms with Crippen LogP contribution in [-0.2, 0) is 6.54 Å². The Labute approximate surface area is 104 Å². The van der Waals surface area contributed by atoms with Crippen molar-refractivity contribution >= 4 is 0 Å². The second-order valence-corrected chi connectivity index (χ2v) is 4.16. The summed E-state index contributed by atoms with van der Waals surface area (Å²) in [5, 5.41) is 4.09. The van der Waals surface area contributed by atoms with Crippen LogP contribution >= 0.6 is 0 Å². The fourth-order valence-electron chi connectivity index (χ4n) is 1.71. The number of hydrogen-bond donors (Lipinski definition) is 1. The third-order valence-electron chi connectivity index (χ3n) is 2.65. The molecule has 18 heavy (non-hydrogen) atoms. The summed E-state index contributed by atoms with van der Waals surface area (Å²) in [6.07, 6.45) is 0. The fraction of sp³-hybridized carbons (Fsp3) is 0.231. The van der Waals surface area contributed by atoms with E-state index in [4.69, 9.17) is 5.73 Å². The molecule has 0 amide bonds. The van der Waals surface area contributed by atoms with E-state index in [9.17, 15) is 9.18 Å². The average molecular weight is 247 g/mol. The largest absolute Gasteiger partial charge is 0.322 e. The molecule has 0 spiro atoms. The summed E-state index contributed by atoms with van der Waals surface area (Å²) in [7, 11) is 0. The standard InChI is InChI=1S/C13H14FN3O/c1-9-5-6-13(18)17(16-9)8-12(15)10-3-2-4-11(14)7-10/h2-7,12H,8,15H2,1H3. The summed E-state index contributed by atoms with van der Waals surface area (Å²) in [6.45, 7) is 2.02. The Hall–Kier alpha value is -2.01. The predicted octanol–water partition coefficient (Wildman–Crippen LogP) is 1.39. The van der Waals surface area contributed by atoms with Gasteiger partial charge in [0.25, 0.3) is 5.56 Å². The van der Waals surface area contributed by atoms with Gasteiger partial charge < -0.3 is 5.73 Å². The average Bonchev–Trinajstić information content (AvgIpc) is 2.34. The summed E-state index contributed by atoms with van der Waals surface area (Å²) < 4.78 is 14.4. The molecule has 1 unspecified atom stereocenters. The highest BCUT2D eigenvalue weighted by molar-refractivity contribution is 5.19. The molecule has 0 aliphatic carbocycles. The molecule has 0 saturated heterocycles. The van der Waals surface area contributed by atoms with Crippen molar-refractivity contribution in [3.63, 3.8) is 0 Å². The maximum Gasteiger partial charge on any atom is 0.266 e. The Bertz CT molecular complexity index is 609. The van der Waals surface area contributed by atoms with E-state index < -0.39 is 6.04 Å². The lowest BCUT2D eigenvalue weighted by molar-refractivity contribution is 0.497. The van der Waals surface area contributed by atoms with E-state index in [1.807, 2.05) is 0 Å². The number of hydrogen-bond acceptors (Lipinski definition) is 3. The first kappa shape index (κ1) is 12.4. The quantitative estimate of drug-likeness (QED) is 0.891. The maximum atomic E-state index is 13.1. The van der Waals surface area contributed by atoms with Gasteiger partial charge in [-0.1, -0.05) is 12.1 Å². The minimum absolute atomic E-state index is 0.215. The van der Waals surface area contributed by atoms with Crippen molar-refractivity contribution in [1.82, 2.24) is 9.78 Å². The molecule has 0 fully saturated rings. The fourth-order valence-corrected chi connectivity index (χ4v) is 1.71. The number of nitrogens with two attached hydrogens (primary N) is 1. The SMILES string of the molecule is Cc1ccc(=O)n(CC(N)c2cccc(F)c2)n1. The third-order valence-corrected chi connectivity index (χ3v) is 2.65. The van der Waals surface area contributed by atoms with Crippen LogP contribution in [0.25, 0.3) is 0 Å². The first-order valence-corrected chi connectivity index (χ1v) is 5.62. The van der Waals surface area contributed by atoms with E-state index in [-0.39, 0.29) is 17.9 Å². The normalized spacial score (nSPS) is 12.4. The van der Waals surface area contributed by atoms with Gasteiger partial charge in [0.2, 0.25) is 0 Å².